The fraction of sp³-hybridized carbons (Fsp3) is 0.538. The molecule has 0 saturated heterocycles. The third-order valence-electron chi connectivity index (χ3n) is 2.87. The molecular weight excluding hydrogens is 271 g/mol. The quantitative estimate of drug-likeness (QED) is 0.894. The molecule has 0 bridgehead atoms. The van der Waals surface area contributed by atoms with E-state index in [1.165, 1.54) is 12.1 Å². The van der Waals surface area contributed by atoms with Crippen LogP contribution in [0.3, 0.4) is 0 Å². The molecule has 1 aromatic rings. The average Bonchev–Trinajstić information content (AvgIpc) is 2.11. The molecule has 16 heavy (non-hydrogen) atoms. The van der Waals surface area contributed by atoms with Gasteiger partial charge in [-0.25, -0.2) is 4.39 Å². The van der Waals surface area contributed by atoms with Gasteiger partial charge in [-0.3, -0.25) is 0 Å². The number of aliphatic hydroxyl groups is 1. The minimum absolute atomic E-state index is 0.161. The molecule has 0 fully saturated rings. The molecule has 1 rings (SSSR count). The van der Waals surface area contributed by atoms with Crippen LogP contribution in [0, 0.1) is 17.7 Å². The van der Waals surface area contributed by atoms with Crippen molar-refractivity contribution in [1.82, 2.24) is 0 Å². The van der Waals surface area contributed by atoms with Crippen molar-refractivity contribution in [3.8, 4) is 0 Å². The summed E-state index contributed by atoms with van der Waals surface area (Å²) in [4.78, 5) is 0. The molecule has 0 aliphatic heterocycles. The van der Waals surface area contributed by atoms with Gasteiger partial charge in [-0.2, -0.15) is 0 Å². The van der Waals surface area contributed by atoms with E-state index in [1.54, 1.807) is 6.92 Å². The van der Waals surface area contributed by atoms with Crippen LogP contribution >= 0.6 is 15.9 Å². The second-order valence-corrected chi connectivity index (χ2v) is 5.55. The van der Waals surface area contributed by atoms with Crippen LogP contribution in [-0.2, 0) is 6.42 Å². The van der Waals surface area contributed by atoms with Crippen molar-refractivity contribution in [3.63, 3.8) is 0 Å². The Morgan fingerprint density at radius 3 is 2.31 bits per heavy atom. The van der Waals surface area contributed by atoms with Crippen molar-refractivity contribution in [1.29, 1.82) is 0 Å². The molecule has 0 radical (unpaired) electrons. The molecule has 0 aliphatic carbocycles. The van der Waals surface area contributed by atoms with Gasteiger partial charge in [0.1, 0.15) is 5.82 Å². The highest BCUT2D eigenvalue weighted by Gasteiger charge is 2.19. The fourth-order valence-corrected chi connectivity index (χ4v) is 2.48. The summed E-state index contributed by atoms with van der Waals surface area (Å²) in [6, 6.07) is 4.87. The third kappa shape index (κ3) is 3.87. The van der Waals surface area contributed by atoms with Gasteiger partial charge in [0.15, 0.2) is 0 Å². The van der Waals surface area contributed by atoms with E-state index in [1.807, 2.05) is 6.07 Å². The maximum atomic E-state index is 13.2. The first-order valence-corrected chi connectivity index (χ1v) is 6.32. The van der Waals surface area contributed by atoms with Crippen molar-refractivity contribution in [3.05, 3.63) is 34.1 Å². The first-order chi connectivity index (χ1) is 7.40. The second kappa shape index (κ2) is 5.78. The lowest BCUT2D eigenvalue weighted by atomic mass is 9.85. The number of benzene rings is 1. The fourth-order valence-electron chi connectivity index (χ4n) is 1.96. The molecule has 2 unspecified atom stereocenters. The van der Waals surface area contributed by atoms with Gasteiger partial charge in [0.25, 0.3) is 0 Å². The van der Waals surface area contributed by atoms with E-state index in [0.29, 0.717) is 12.3 Å². The van der Waals surface area contributed by atoms with E-state index in [4.69, 9.17) is 0 Å². The van der Waals surface area contributed by atoms with Crippen LogP contribution in [-0.4, -0.2) is 11.2 Å². The highest BCUT2D eigenvalue weighted by atomic mass is 79.9. The molecule has 90 valence electrons. The topological polar surface area (TPSA) is 20.2 Å². The highest BCUT2D eigenvalue weighted by Crippen LogP contribution is 2.23. The molecule has 0 aliphatic rings. The van der Waals surface area contributed by atoms with E-state index in [0.717, 1.165) is 10.0 Å². The molecule has 0 heterocycles. The van der Waals surface area contributed by atoms with Crippen molar-refractivity contribution in [2.75, 3.05) is 0 Å². The van der Waals surface area contributed by atoms with E-state index < -0.39 is 0 Å². The lowest BCUT2D eigenvalue weighted by molar-refractivity contribution is 0.0976. The zero-order valence-electron chi connectivity index (χ0n) is 9.87. The van der Waals surface area contributed by atoms with E-state index >= 15 is 0 Å². The number of hydrogen-bond acceptors (Lipinski definition) is 1. The Bertz CT molecular complexity index is 322. The van der Waals surface area contributed by atoms with Gasteiger partial charge in [0, 0.05) is 4.47 Å². The Hall–Kier alpha value is -0.410. The molecule has 0 aromatic heterocycles. The predicted octanol–water partition coefficient (Wildman–Crippen LogP) is 3.78. The van der Waals surface area contributed by atoms with Gasteiger partial charge >= 0.3 is 0 Å². The summed E-state index contributed by atoms with van der Waals surface area (Å²) >= 11 is 3.27. The summed E-state index contributed by atoms with van der Waals surface area (Å²) in [7, 11) is 0. The Kier molecular flexibility index (Phi) is 4.93. The summed E-state index contributed by atoms with van der Waals surface area (Å²) < 4.78 is 13.9. The molecule has 3 heteroatoms. The van der Waals surface area contributed by atoms with Gasteiger partial charge in [-0.05, 0) is 48.9 Å². The van der Waals surface area contributed by atoms with Crippen LogP contribution in [0.15, 0.2) is 22.7 Å². The monoisotopic (exact) mass is 288 g/mol. The molecule has 1 N–H and O–H groups in total. The van der Waals surface area contributed by atoms with Gasteiger partial charge in [-0.15, -0.1) is 0 Å². The zero-order valence-corrected chi connectivity index (χ0v) is 11.5. The van der Waals surface area contributed by atoms with Crippen LogP contribution in [0.1, 0.15) is 26.3 Å². The van der Waals surface area contributed by atoms with Crippen LogP contribution in [0.25, 0.3) is 0 Å². The lowest BCUT2D eigenvalue weighted by Crippen LogP contribution is -2.24. The predicted molar refractivity (Wildman–Crippen MR) is 67.8 cm³/mol. The summed E-state index contributed by atoms with van der Waals surface area (Å²) in [5.74, 6) is 0.299. The van der Waals surface area contributed by atoms with Crippen LogP contribution in [0.5, 0.6) is 0 Å². The Morgan fingerprint density at radius 2 is 1.88 bits per heavy atom. The molecule has 1 aromatic carbocycles. The molecule has 0 spiro atoms. The van der Waals surface area contributed by atoms with E-state index in [2.05, 4.69) is 29.8 Å². The Balaban J connectivity index is 2.85. The van der Waals surface area contributed by atoms with Crippen molar-refractivity contribution in [2.24, 2.45) is 11.8 Å². The van der Waals surface area contributed by atoms with Gasteiger partial charge < -0.3 is 5.11 Å². The number of hydrogen-bond donors (Lipinski definition) is 1. The normalized spacial score (nSPS) is 15.2. The number of aliphatic hydroxyl groups excluding tert-OH is 1. The number of halogens is 2. The first-order valence-electron chi connectivity index (χ1n) is 5.53. The average molecular weight is 289 g/mol. The molecule has 2 atom stereocenters. The standard InChI is InChI=1S/C13H18BrFO/c1-8(2)13(9(3)16)6-10-4-11(14)7-12(15)5-10/h4-5,7-9,13,16H,6H2,1-3H3. The molecule has 0 amide bonds. The Labute approximate surface area is 105 Å². The van der Waals surface area contributed by atoms with Crippen molar-refractivity contribution in [2.45, 2.75) is 33.3 Å². The van der Waals surface area contributed by atoms with Crippen molar-refractivity contribution < 1.29 is 9.50 Å². The minimum Gasteiger partial charge on any atom is -0.393 e. The maximum Gasteiger partial charge on any atom is 0.124 e. The van der Waals surface area contributed by atoms with E-state index in [9.17, 15) is 9.50 Å². The lowest BCUT2D eigenvalue weighted by Gasteiger charge is -2.23. The maximum absolute atomic E-state index is 13.2. The third-order valence-corrected chi connectivity index (χ3v) is 3.33. The second-order valence-electron chi connectivity index (χ2n) is 4.63. The minimum atomic E-state index is -0.373. The Morgan fingerprint density at radius 1 is 1.25 bits per heavy atom. The zero-order chi connectivity index (χ0) is 12.3. The molecule has 1 nitrogen and oxygen atoms in total. The van der Waals surface area contributed by atoms with Gasteiger partial charge in [0.05, 0.1) is 6.10 Å². The summed E-state index contributed by atoms with van der Waals surface area (Å²) in [6.45, 7) is 5.94. The largest absolute Gasteiger partial charge is 0.393 e. The van der Waals surface area contributed by atoms with Gasteiger partial charge in [-0.1, -0.05) is 29.8 Å². The van der Waals surface area contributed by atoms with Gasteiger partial charge in [0.2, 0.25) is 0 Å². The van der Waals surface area contributed by atoms with Crippen molar-refractivity contribution >= 4 is 15.9 Å². The summed E-state index contributed by atoms with van der Waals surface area (Å²) in [5.41, 5.74) is 0.923. The SMILES string of the molecule is CC(C)C(Cc1cc(F)cc(Br)c1)C(C)O. The summed E-state index contributed by atoms with van der Waals surface area (Å²) in [6.07, 6.45) is 0.327. The smallest absolute Gasteiger partial charge is 0.124 e. The van der Waals surface area contributed by atoms with Crippen LogP contribution < -0.4 is 0 Å². The highest BCUT2D eigenvalue weighted by molar-refractivity contribution is 9.10. The van der Waals surface area contributed by atoms with Crippen LogP contribution in [0.4, 0.5) is 4.39 Å². The summed E-state index contributed by atoms with van der Waals surface area (Å²) in [5, 5.41) is 9.68. The number of rotatable bonds is 4. The van der Waals surface area contributed by atoms with Crippen LogP contribution in [0.2, 0.25) is 0 Å². The molecular formula is C13H18BrFO. The van der Waals surface area contributed by atoms with E-state index in [-0.39, 0.29) is 17.8 Å². The molecule has 0 saturated carbocycles. The first kappa shape index (κ1) is 13.7.